The van der Waals surface area contributed by atoms with Crippen LogP contribution in [0.2, 0.25) is 0 Å². The van der Waals surface area contributed by atoms with Crippen molar-refractivity contribution in [3.8, 4) is 11.5 Å². The minimum atomic E-state index is -1.30. The summed E-state index contributed by atoms with van der Waals surface area (Å²) in [6.45, 7) is 0. The van der Waals surface area contributed by atoms with E-state index in [0.29, 0.717) is 17.4 Å². The van der Waals surface area contributed by atoms with Crippen LogP contribution in [0.5, 0.6) is 0 Å². The van der Waals surface area contributed by atoms with Crippen LogP contribution in [0.25, 0.3) is 33.3 Å². The van der Waals surface area contributed by atoms with E-state index in [0.717, 1.165) is 11.5 Å². The predicted octanol–water partition coefficient (Wildman–Crippen LogP) is 4.62. The third kappa shape index (κ3) is 2.20. The predicted molar refractivity (Wildman–Crippen MR) is 83.8 cm³/mol. The summed E-state index contributed by atoms with van der Waals surface area (Å²) in [5.74, 6) is -2.78. The Labute approximate surface area is 134 Å². The highest BCUT2D eigenvalue weighted by Gasteiger charge is 2.18. The number of hydrogen-bond acceptors (Lipinski definition) is 3. The highest BCUT2D eigenvalue weighted by atomic mass is 19.1. The molecule has 4 rings (SSSR count). The number of para-hydroxylation sites is 1. The number of carboxylic acids is 1. The van der Waals surface area contributed by atoms with E-state index in [4.69, 9.17) is 4.42 Å². The smallest absolute Gasteiger partial charge is 0.336 e. The number of benzene rings is 2. The molecule has 0 spiro atoms. The molecule has 0 amide bonds. The van der Waals surface area contributed by atoms with Crippen molar-refractivity contribution < 1.29 is 23.1 Å². The van der Waals surface area contributed by atoms with Gasteiger partial charge in [0.1, 0.15) is 22.6 Å². The van der Waals surface area contributed by atoms with Crippen LogP contribution in [-0.2, 0) is 0 Å². The Balaban J connectivity index is 2.04. The summed E-state index contributed by atoms with van der Waals surface area (Å²) in [5.41, 5.74) is 0.313. The first-order valence-electron chi connectivity index (χ1n) is 7.05. The quantitative estimate of drug-likeness (QED) is 0.584. The molecule has 0 saturated heterocycles. The van der Waals surface area contributed by atoms with Crippen molar-refractivity contribution in [2.45, 2.75) is 0 Å². The Kier molecular flexibility index (Phi) is 3.06. The fourth-order valence-electron chi connectivity index (χ4n) is 2.66. The van der Waals surface area contributed by atoms with Gasteiger partial charge in [0.05, 0.1) is 5.56 Å². The van der Waals surface area contributed by atoms with Crippen LogP contribution in [0.15, 0.2) is 52.9 Å². The molecular weight excluding hydrogens is 316 g/mol. The number of nitrogens with zero attached hydrogens (tertiary/aromatic N) is 1. The first-order chi connectivity index (χ1) is 11.5. The number of carbonyl (C=O) groups is 1. The van der Waals surface area contributed by atoms with Crippen LogP contribution in [-0.4, -0.2) is 16.1 Å². The van der Waals surface area contributed by atoms with E-state index in [1.54, 1.807) is 18.2 Å². The molecule has 0 saturated carbocycles. The molecule has 0 bridgehead atoms. The number of pyridine rings is 1. The lowest BCUT2D eigenvalue weighted by Gasteiger charge is -2.06. The molecular formula is C18H9F2NO3. The zero-order valence-electron chi connectivity index (χ0n) is 12.1. The van der Waals surface area contributed by atoms with Crippen LogP contribution in [0.1, 0.15) is 10.4 Å². The van der Waals surface area contributed by atoms with E-state index in [1.807, 2.05) is 12.1 Å². The maximum Gasteiger partial charge on any atom is 0.336 e. The Morgan fingerprint density at radius 3 is 2.62 bits per heavy atom. The minimum absolute atomic E-state index is 0.0974. The number of aromatic nitrogens is 1. The van der Waals surface area contributed by atoms with Crippen molar-refractivity contribution in [3.05, 3.63) is 65.7 Å². The van der Waals surface area contributed by atoms with Crippen LogP contribution in [0, 0.1) is 11.6 Å². The molecule has 2 heterocycles. The molecule has 0 atom stereocenters. The molecule has 2 aromatic heterocycles. The Morgan fingerprint density at radius 1 is 1.08 bits per heavy atom. The third-order valence-electron chi connectivity index (χ3n) is 3.74. The van der Waals surface area contributed by atoms with Gasteiger partial charge >= 0.3 is 5.97 Å². The molecule has 0 radical (unpaired) electrons. The van der Waals surface area contributed by atoms with Gasteiger partial charge in [-0.25, -0.2) is 18.6 Å². The van der Waals surface area contributed by atoms with Crippen molar-refractivity contribution in [3.63, 3.8) is 0 Å². The van der Waals surface area contributed by atoms with Crippen molar-refractivity contribution in [1.82, 2.24) is 4.98 Å². The van der Waals surface area contributed by atoms with Gasteiger partial charge in [-0.2, -0.15) is 0 Å². The standard InChI is InChI=1S/C18H9F2NO3/c19-10-6-11-12(18(22)23)8-14(21-17(11)13(20)7-10)16-5-9-3-1-2-4-15(9)24-16/h1-8H,(H,22,23). The molecule has 1 N–H and O–H groups in total. The Bertz CT molecular complexity index is 1090. The van der Waals surface area contributed by atoms with Gasteiger partial charge in [0.25, 0.3) is 0 Å². The third-order valence-corrected chi connectivity index (χ3v) is 3.74. The van der Waals surface area contributed by atoms with Gasteiger partial charge in [0.2, 0.25) is 0 Å². The number of aromatic carboxylic acids is 1. The lowest BCUT2D eigenvalue weighted by Crippen LogP contribution is -2.02. The lowest BCUT2D eigenvalue weighted by molar-refractivity contribution is 0.0699. The van der Waals surface area contributed by atoms with Crippen molar-refractivity contribution in [2.24, 2.45) is 0 Å². The molecule has 6 heteroatoms. The average Bonchev–Trinajstić information content (AvgIpc) is 2.98. The van der Waals surface area contributed by atoms with Crippen molar-refractivity contribution >= 4 is 27.8 Å². The summed E-state index contributed by atoms with van der Waals surface area (Å²) in [6, 6.07) is 11.8. The zero-order chi connectivity index (χ0) is 16.8. The number of fused-ring (bicyclic) bond motifs is 2. The van der Waals surface area contributed by atoms with Gasteiger partial charge in [0.15, 0.2) is 11.6 Å². The fourth-order valence-corrected chi connectivity index (χ4v) is 2.66. The second kappa shape index (κ2) is 5.13. The van der Waals surface area contributed by atoms with E-state index in [-0.39, 0.29) is 22.2 Å². The summed E-state index contributed by atoms with van der Waals surface area (Å²) >= 11 is 0. The maximum absolute atomic E-state index is 14.1. The first-order valence-corrected chi connectivity index (χ1v) is 7.05. The summed E-state index contributed by atoms with van der Waals surface area (Å²) in [4.78, 5) is 15.6. The first kappa shape index (κ1) is 14.3. The van der Waals surface area contributed by atoms with Gasteiger partial charge in [0, 0.05) is 16.8 Å². The number of rotatable bonds is 2. The van der Waals surface area contributed by atoms with Crippen LogP contribution in [0.3, 0.4) is 0 Å². The highest BCUT2D eigenvalue weighted by Crippen LogP contribution is 2.30. The number of carboxylic acid groups (broad SMARTS) is 1. The van der Waals surface area contributed by atoms with E-state index < -0.39 is 17.6 Å². The molecule has 0 unspecified atom stereocenters. The van der Waals surface area contributed by atoms with Gasteiger partial charge in [-0.05, 0) is 24.3 Å². The topological polar surface area (TPSA) is 63.3 Å². The van der Waals surface area contributed by atoms with Crippen molar-refractivity contribution in [1.29, 1.82) is 0 Å². The normalized spacial score (nSPS) is 11.2. The van der Waals surface area contributed by atoms with Gasteiger partial charge in [-0.15, -0.1) is 0 Å². The van der Waals surface area contributed by atoms with Crippen LogP contribution < -0.4 is 0 Å². The molecule has 4 nitrogen and oxygen atoms in total. The zero-order valence-corrected chi connectivity index (χ0v) is 12.1. The molecule has 0 fully saturated rings. The molecule has 24 heavy (non-hydrogen) atoms. The second-order valence-electron chi connectivity index (χ2n) is 5.29. The summed E-state index contributed by atoms with van der Waals surface area (Å²) in [5, 5.41) is 10.1. The second-order valence-corrected chi connectivity index (χ2v) is 5.29. The lowest BCUT2D eigenvalue weighted by atomic mass is 10.1. The number of halogens is 2. The number of hydrogen-bond donors (Lipinski definition) is 1. The van der Waals surface area contributed by atoms with E-state index in [9.17, 15) is 18.7 Å². The largest absolute Gasteiger partial charge is 0.478 e. The molecule has 2 aromatic carbocycles. The van der Waals surface area contributed by atoms with E-state index in [1.165, 1.54) is 6.07 Å². The van der Waals surface area contributed by atoms with E-state index in [2.05, 4.69) is 4.98 Å². The summed E-state index contributed by atoms with van der Waals surface area (Å²) in [7, 11) is 0. The molecule has 0 aliphatic rings. The Hall–Kier alpha value is -3.28. The van der Waals surface area contributed by atoms with Crippen LogP contribution >= 0.6 is 0 Å². The summed E-state index contributed by atoms with van der Waals surface area (Å²) < 4.78 is 33.1. The molecule has 0 aliphatic carbocycles. The molecule has 118 valence electrons. The maximum atomic E-state index is 14.1. The monoisotopic (exact) mass is 325 g/mol. The number of furan rings is 1. The van der Waals surface area contributed by atoms with E-state index >= 15 is 0 Å². The van der Waals surface area contributed by atoms with Crippen LogP contribution in [0.4, 0.5) is 8.78 Å². The average molecular weight is 325 g/mol. The SMILES string of the molecule is O=C(O)c1cc(-c2cc3ccccc3o2)nc2c(F)cc(F)cc12. The molecule has 4 aromatic rings. The minimum Gasteiger partial charge on any atom is -0.478 e. The fraction of sp³-hybridized carbons (Fsp3) is 0. The summed E-state index contributed by atoms with van der Waals surface area (Å²) in [6.07, 6.45) is 0. The molecule has 0 aliphatic heterocycles. The van der Waals surface area contributed by atoms with Crippen molar-refractivity contribution in [2.75, 3.05) is 0 Å². The van der Waals surface area contributed by atoms with Gasteiger partial charge in [-0.3, -0.25) is 0 Å². The highest BCUT2D eigenvalue weighted by molar-refractivity contribution is 6.04. The van der Waals surface area contributed by atoms with Gasteiger partial charge < -0.3 is 9.52 Å². The Morgan fingerprint density at radius 2 is 1.88 bits per heavy atom. The van der Waals surface area contributed by atoms with Gasteiger partial charge in [-0.1, -0.05) is 18.2 Å².